The highest BCUT2D eigenvalue weighted by Crippen LogP contribution is 1.94. The molecule has 13 heavy (non-hydrogen) atoms. The molecule has 0 radical (unpaired) electrons. The molecule has 0 rings (SSSR count). The van der Waals surface area contributed by atoms with E-state index in [9.17, 15) is 4.79 Å². The average Bonchev–Trinajstić information content (AvgIpc) is 2.02. The Morgan fingerprint density at radius 2 is 1.85 bits per heavy atom. The zero-order valence-electron chi connectivity index (χ0n) is 9.02. The Morgan fingerprint density at radius 1 is 1.46 bits per heavy atom. The Labute approximate surface area is 85.9 Å². The molecule has 0 bridgehead atoms. The summed E-state index contributed by atoms with van der Waals surface area (Å²) in [5.41, 5.74) is 0.660. The quantitative estimate of drug-likeness (QED) is 0.552. The van der Waals surface area contributed by atoms with Crippen molar-refractivity contribution in [2.75, 3.05) is 21.1 Å². The van der Waals surface area contributed by atoms with E-state index in [1.54, 1.807) is 6.92 Å². The third kappa shape index (κ3) is 14.3. The van der Waals surface area contributed by atoms with Crippen molar-refractivity contribution < 1.29 is 4.79 Å². The van der Waals surface area contributed by atoms with Gasteiger partial charge in [0.25, 0.3) is 5.91 Å². The second-order valence-electron chi connectivity index (χ2n) is 3.06. The fourth-order valence-electron chi connectivity index (χ4n) is 0.473. The summed E-state index contributed by atoms with van der Waals surface area (Å²) in [7, 11) is 6.00. The second-order valence-corrected chi connectivity index (χ2v) is 3.25. The summed E-state index contributed by atoms with van der Waals surface area (Å²) >= 11 is 5.04. The van der Waals surface area contributed by atoms with Crippen LogP contribution in [-0.4, -0.2) is 32.0 Å². The predicted molar refractivity (Wildman–Crippen MR) is 57.7 cm³/mol. The van der Waals surface area contributed by atoms with Crippen LogP contribution in [0.3, 0.4) is 0 Å². The minimum atomic E-state index is -0.224. The van der Waals surface area contributed by atoms with Crippen molar-refractivity contribution in [3.05, 3.63) is 11.6 Å². The maximum absolute atomic E-state index is 10.6. The SMILES string of the molecule is CCC=C(C)C(=O)NCl.CN(C)C. The molecule has 0 spiro atoms. The molecule has 78 valence electrons. The number of nitrogens with zero attached hydrogens (tertiary/aromatic N) is 1. The molecule has 0 fully saturated rings. The molecule has 0 aromatic heterocycles. The number of halogens is 1. The van der Waals surface area contributed by atoms with Crippen LogP contribution in [0, 0.1) is 0 Å². The third-order valence-electron chi connectivity index (χ3n) is 0.954. The van der Waals surface area contributed by atoms with Crippen molar-refractivity contribution in [2.45, 2.75) is 20.3 Å². The third-order valence-corrected chi connectivity index (χ3v) is 1.13. The zero-order valence-corrected chi connectivity index (χ0v) is 9.77. The molecule has 0 aliphatic heterocycles. The number of carbonyl (C=O) groups is 1. The van der Waals surface area contributed by atoms with E-state index in [0.717, 1.165) is 6.42 Å². The van der Waals surface area contributed by atoms with Crippen LogP contribution in [0.2, 0.25) is 0 Å². The molecule has 1 amide bonds. The lowest BCUT2D eigenvalue weighted by molar-refractivity contribution is -0.115. The molecule has 0 saturated heterocycles. The molecule has 0 aliphatic rings. The predicted octanol–water partition coefficient (Wildman–Crippen LogP) is 1.79. The van der Waals surface area contributed by atoms with Gasteiger partial charge in [-0.05, 0) is 34.5 Å². The number of carbonyl (C=O) groups excluding carboxylic acids is 1. The van der Waals surface area contributed by atoms with Crippen molar-refractivity contribution in [1.82, 2.24) is 9.74 Å². The molecule has 0 heterocycles. The first-order valence-electron chi connectivity index (χ1n) is 4.14. The number of rotatable bonds is 2. The number of amides is 1. The summed E-state index contributed by atoms with van der Waals surface area (Å²) < 4.78 is 0. The Morgan fingerprint density at radius 3 is 2.08 bits per heavy atom. The Hall–Kier alpha value is -0.540. The summed E-state index contributed by atoms with van der Waals surface area (Å²) in [4.78, 5) is 14.6. The van der Waals surface area contributed by atoms with E-state index in [4.69, 9.17) is 11.8 Å². The van der Waals surface area contributed by atoms with Crippen LogP contribution in [0.4, 0.5) is 0 Å². The van der Waals surface area contributed by atoms with E-state index in [1.165, 1.54) is 0 Å². The Balaban J connectivity index is 0. The molecule has 3 nitrogen and oxygen atoms in total. The lowest BCUT2D eigenvalue weighted by Gasteiger charge is -1.93. The highest BCUT2D eigenvalue weighted by atomic mass is 35.5. The van der Waals surface area contributed by atoms with Gasteiger partial charge in [-0.15, -0.1) is 0 Å². The first kappa shape index (κ1) is 15.0. The van der Waals surface area contributed by atoms with Crippen LogP contribution in [0.1, 0.15) is 20.3 Å². The van der Waals surface area contributed by atoms with E-state index >= 15 is 0 Å². The highest BCUT2D eigenvalue weighted by Gasteiger charge is 1.98. The first-order chi connectivity index (χ1) is 5.95. The van der Waals surface area contributed by atoms with Crippen molar-refractivity contribution in [1.29, 1.82) is 0 Å². The summed E-state index contributed by atoms with van der Waals surface area (Å²) in [6.07, 6.45) is 2.67. The van der Waals surface area contributed by atoms with Crippen LogP contribution in [0.15, 0.2) is 11.6 Å². The van der Waals surface area contributed by atoms with Crippen molar-refractivity contribution in [3.63, 3.8) is 0 Å². The van der Waals surface area contributed by atoms with Crippen LogP contribution in [0.25, 0.3) is 0 Å². The van der Waals surface area contributed by atoms with Gasteiger partial charge in [-0.25, -0.2) is 0 Å². The van der Waals surface area contributed by atoms with E-state index in [2.05, 4.69) is 0 Å². The fourth-order valence-corrected chi connectivity index (χ4v) is 0.622. The summed E-state index contributed by atoms with van der Waals surface area (Å²) in [5.74, 6) is -0.224. The maximum atomic E-state index is 10.6. The normalized spacial score (nSPS) is 10.5. The molecular formula is C9H19ClN2O. The smallest absolute Gasteiger partial charge is 0.260 e. The van der Waals surface area contributed by atoms with Crippen molar-refractivity contribution >= 4 is 17.7 Å². The van der Waals surface area contributed by atoms with Gasteiger partial charge in [0.1, 0.15) is 0 Å². The van der Waals surface area contributed by atoms with Crippen LogP contribution in [0.5, 0.6) is 0 Å². The summed E-state index contributed by atoms with van der Waals surface area (Å²) in [5, 5.41) is 0. The molecule has 0 aromatic rings. The molecule has 4 heteroatoms. The van der Waals surface area contributed by atoms with Crippen LogP contribution in [-0.2, 0) is 4.79 Å². The van der Waals surface area contributed by atoms with Crippen LogP contribution >= 0.6 is 11.8 Å². The first-order valence-corrected chi connectivity index (χ1v) is 4.52. The van der Waals surface area contributed by atoms with Crippen LogP contribution < -0.4 is 4.84 Å². The molecule has 0 atom stereocenters. The highest BCUT2D eigenvalue weighted by molar-refractivity contribution is 6.23. The minimum absolute atomic E-state index is 0.224. The fraction of sp³-hybridized carbons (Fsp3) is 0.667. The van der Waals surface area contributed by atoms with Gasteiger partial charge in [-0.2, -0.15) is 0 Å². The van der Waals surface area contributed by atoms with Gasteiger partial charge >= 0.3 is 0 Å². The van der Waals surface area contributed by atoms with Gasteiger partial charge in [0.05, 0.1) is 0 Å². The number of hydrogen-bond acceptors (Lipinski definition) is 2. The maximum Gasteiger partial charge on any atom is 0.260 e. The topological polar surface area (TPSA) is 32.3 Å². The van der Waals surface area contributed by atoms with Gasteiger partial charge in [0, 0.05) is 17.3 Å². The van der Waals surface area contributed by atoms with Gasteiger partial charge < -0.3 is 4.90 Å². The Bertz CT molecular complexity index is 164. The number of allylic oxidation sites excluding steroid dienone is 1. The Kier molecular flexibility index (Phi) is 11.0. The average molecular weight is 207 g/mol. The largest absolute Gasteiger partial charge is 0.312 e. The van der Waals surface area contributed by atoms with Crippen molar-refractivity contribution in [3.8, 4) is 0 Å². The van der Waals surface area contributed by atoms with Gasteiger partial charge in [-0.3, -0.25) is 9.63 Å². The van der Waals surface area contributed by atoms with Gasteiger partial charge in [-0.1, -0.05) is 13.0 Å². The zero-order chi connectivity index (χ0) is 10.9. The van der Waals surface area contributed by atoms with E-state index in [1.807, 2.05) is 43.9 Å². The van der Waals surface area contributed by atoms with Crippen molar-refractivity contribution in [2.24, 2.45) is 0 Å². The monoisotopic (exact) mass is 206 g/mol. The lowest BCUT2D eigenvalue weighted by atomic mass is 10.2. The standard InChI is InChI=1S/C6H10ClNO.C3H9N/c1-3-4-5(2)6(9)8-7;1-4(2)3/h4H,3H2,1-2H3,(H,8,9);1-3H3. The molecule has 0 aromatic carbocycles. The number of nitrogens with one attached hydrogen (secondary N) is 1. The van der Waals surface area contributed by atoms with Gasteiger partial charge in [0.2, 0.25) is 0 Å². The van der Waals surface area contributed by atoms with E-state index in [0.29, 0.717) is 5.57 Å². The van der Waals surface area contributed by atoms with Gasteiger partial charge in [0.15, 0.2) is 0 Å². The summed E-state index contributed by atoms with van der Waals surface area (Å²) in [6.45, 7) is 3.69. The minimum Gasteiger partial charge on any atom is -0.312 e. The lowest BCUT2D eigenvalue weighted by Crippen LogP contribution is -2.12. The van der Waals surface area contributed by atoms with E-state index in [-0.39, 0.29) is 5.91 Å². The molecule has 0 aliphatic carbocycles. The molecule has 0 saturated carbocycles. The summed E-state index contributed by atoms with van der Waals surface area (Å²) in [6, 6.07) is 0. The second kappa shape index (κ2) is 9.55. The molecule has 1 N–H and O–H groups in total. The molecule has 0 unspecified atom stereocenters. The van der Waals surface area contributed by atoms with E-state index < -0.39 is 0 Å². The number of hydrogen-bond donors (Lipinski definition) is 1. The molecular weight excluding hydrogens is 188 g/mol.